The maximum absolute atomic E-state index is 14.8. The highest BCUT2D eigenvalue weighted by Gasteiger charge is 2.76. The molecule has 7 aliphatic heterocycles. The quantitative estimate of drug-likeness (QED) is 0.0535. The molecule has 4 aliphatic carbocycles. The minimum absolute atomic E-state index is 0.0242. The summed E-state index contributed by atoms with van der Waals surface area (Å²) in [5.74, 6) is -0.154. The highest BCUT2D eigenvalue weighted by molar-refractivity contribution is 5.94. The van der Waals surface area contributed by atoms with E-state index in [0.717, 1.165) is 5.57 Å². The van der Waals surface area contributed by atoms with Gasteiger partial charge in [-0.1, -0.05) is 45.8 Å². The molecule has 97 heavy (non-hydrogen) atoms. The number of allylic oxidation sites excluding steroid dienone is 2. The SMILES string of the molecule is CCC(=O)C1CC(C)C2(CC(=O)C3(C)C4=C(CCC32C)C2(C)CCC(OC3OC(COC5OCC(O)C(O)C5OC5OC(CO)C(O)C(OC6OC(CO)C(O)C(O)C6OC6OC(CO)C(O)C(O)C6O)C5OC5OC(C)C(O)C(O)C5O)C(O)C(O)C3O)C(C)(CO)C2CC4)O1. The number of aliphatic hydroxyl groups is 18. The van der Waals surface area contributed by atoms with Crippen LogP contribution in [0.15, 0.2) is 11.1 Å². The lowest BCUT2D eigenvalue weighted by Gasteiger charge is -2.63. The molecular weight excluding hydrogens is 1300 g/mol. The number of hydrogen-bond donors (Lipinski definition) is 18. The first-order valence-corrected chi connectivity index (χ1v) is 34.0. The summed E-state index contributed by atoms with van der Waals surface area (Å²) < 4.78 is 79.5. The Bertz CT molecular complexity index is 2770. The van der Waals surface area contributed by atoms with E-state index in [0.29, 0.717) is 51.4 Å². The van der Waals surface area contributed by atoms with E-state index in [1.54, 1.807) is 0 Å². The molecule has 1 spiro atoms. The van der Waals surface area contributed by atoms with Crippen LogP contribution in [0.5, 0.6) is 0 Å². The fourth-order valence-corrected chi connectivity index (χ4v) is 18.3. The lowest BCUT2D eigenvalue weighted by atomic mass is 9.42. The third-order valence-corrected chi connectivity index (χ3v) is 24.5. The Labute approximate surface area is 559 Å². The number of carbonyl (C=O) groups is 2. The predicted molar refractivity (Wildman–Crippen MR) is 318 cm³/mol. The first-order chi connectivity index (χ1) is 45.7. The third kappa shape index (κ3) is 12.7. The Morgan fingerprint density at radius 2 is 1.04 bits per heavy atom. The Kier molecular flexibility index (Phi) is 22.8. The summed E-state index contributed by atoms with van der Waals surface area (Å²) in [4.78, 5) is 27.9. The van der Waals surface area contributed by atoms with Crippen molar-refractivity contribution in [3.63, 3.8) is 0 Å². The average Bonchev–Trinajstić information content (AvgIpc) is 1.54. The largest absolute Gasteiger partial charge is 0.396 e. The van der Waals surface area contributed by atoms with Crippen molar-refractivity contribution in [3.05, 3.63) is 11.1 Å². The summed E-state index contributed by atoms with van der Waals surface area (Å²) in [5, 5.41) is 199. The van der Waals surface area contributed by atoms with Crippen molar-refractivity contribution in [2.45, 2.75) is 302 Å². The van der Waals surface area contributed by atoms with Crippen LogP contribution in [0.4, 0.5) is 0 Å². The van der Waals surface area contributed by atoms with E-state index in [1.807, 2.05) is 13.8 Å². The van der Waals surface area contributed by atoms with Crippen LogP contribution in [0.3, 0.4) is 0 Å². The molecule has 0 radical (unpaired) electrons. The van der Waals surface area contributed by atoms with Crippen LogP contribution >= 0.6 is 0 Å². The summed E-state index contributed by atoms with van der Waals surface area (Å²) in [6.45, 7) is 8.70. The summed E-state index contributed by atoms with van der Waals surface area (Å²) in [7, 11) is 0. The minimum atomic E-state index is -2.17. The van der Waals surface area contributed by atoms with E-state index in [-0.39, 0.29) is 36.4 Å². The summed E-state index contributed by atoms with van der Waals surface area (Å²) >= 11 is 0. The van der Waals surface area contributed by atoms with Crippen LogP contribution in [0, 0.1) is 33.5 Å². The molecule has 0 aromatic heterocycles. The van der Waals surface area contributed by atoms with Crippen molar-refractivity contribution in [2.75, 3.05) is 39.6 Å². The monoisotopic (exact) mass is 1400 g/mol. The smallest absolute Gasteiger partial charge is 0.187 e. The second-order valence-electron chi connectivity index (χ2n) is 29.6. The van der Waals surface area contributed by atoms with Gasteiger partial charge in [-0.2, -0.15) is 0 Å². The van der Waals surface area contributed by atoms with E-state index in [4.69, 9.17) is 61.6 Å². The number of carbonyl (C=O) groups excluding carboxylic acids is 2. The molecule has 18 N–H and O–H groups in total. The summed E-state index contributed by atoms with van der Waals surface area (Å²) in [5.41, 5.74) is -1.58. The van der Waals surface area contributed by atoms with Gasteiger partial charge in [0.25, 0.3) is 0 Å². The van der Waals surface area contributed by atoms with Crippen LogP contribution in [0.25, 0.3) is 0 Å². The fourth-order valence-electron chi connectivity index (χ4n) is 18.3. The second kappa shape index (κ2) is 29.1. The number of ether oxygens (including phenoxy) is 13. The topological polar surface area (TPSA) is 518 Å². The molecule has 33 nitrogen and oxygen atoms in total. The van der Waals surface area contributed by atoms with Gasteiger partial charge in [0.2, 0.25) is 0 Å². The Morgan fingerprint density at radius 1 is 0.526 bits per heavy atom. The van der Waals surface area contributed by atoms with E-state index in [1.165, 1.54) is 12.5 Å². The van der Waals surface area contributed by atoms with Gasteiger partial charge in [-0.3, -0.25) is 9.59 Å². The number of rotatable bonds is 19. The molecule has 38 atom stereocenters. The molecule has 38 unspecified atom stereocenters. The molecule has 7 saturated heterocycles. The number of hydrogen-bond acceptors (Lipinski definition) is 33. The van der Waals surface area contributed by atoms with Gasteiger partial charge in [0, 0.05) is 23.7 Å². The predicted octanol–water partition coefficient (Wildman–Crippen LogP) is -6.61. The molecule has 33 heteroatoms. The van der Waals surface area contributed by atoms with Crippen LogP contribution in [0.2, 0.25) is 0 Å². The molecule has 0 aromatic rings. The van der Waals surface area contributed by atoms with Gasteiger partial charge in [0.15, 0.2) is 43.5 Å². The molecule has 11 rings (SSSR count). The van der Waals surface area contributed by atoms with Crippen LogP contribution in [0.1, 0.15) is 106 Å². The van der Waals surface area contributed by atoms with E-state index in [2.05, 4.69) is 27.7 Å². The van der Waals surface area contributed by atoms with Crippen molar-refractivity contribution in [2.24, 2.45) is 33.5 Å². The van der Waals surface area contributed by atoms with Gasteiger partial charge in [-0.25, -0.2) is 0 Å². The Balaban J connectivity index is 0.827. The number of Topliss-reactive ketones (excluding diaryl/α,β-unsaturated/α-hetero) is 2. The molecule has 0 amide bonds. The molecule has 0 aromatic carbocycles. The normalized spacial score (nSPS) is 54.2. The van der Waals surface area contributed by atoms with Crippen LogP contribution in [-0.2, 0) is 71.2 Å². The third-order valence-electron chi connectivity index (χ3n) is 24.5. The van der Waals surface area contributed by atoms with Gasteiger partial charge in [0.1, 0.15) is 146 Å². The van der Waals surface area contributed by atoms with Gasteiger partial charge in [-0.15, -0.1) is 0 Å². The van der Waals surface area contributed by atoms with Crippen molar-refractivity contribution in [3.8, 4) is 0 Å². The summed E-state index contributed by atoms with van der Waals surface area (Å²) in [6, 6.07) is 0. The summed E-state index contributed by atoms with van der Waals surface area (Å²) in [6.07, 6.45) is -52.7. The zero-order valence-electron chi connectivity index (χ0n) is 55.3. The van der Waals surface area contributed by atoms with Crippen molar-refractivity contribution in [1.29, 1.82) is 0 Å². The molecule has 0 bridgehead atoms. The van der Waals surface area contributed by atoms with Crippen molar-refractivity contribution >= 4 is 11.6 Å². The van der Waals surface area contributed by atoms with Crippen molar-refractivity contribution < 1.29 is 163 Å². The lowest BCUT2D eigenvalue weighted by Crippen LogP contribution is -2.69. The number of ketones is 2. The lowest BCUT2D eigenvalue weighted by molar-refractivity contribution is -0.414. The number of aliphatic hydroxyl groups excluding tert-OH is 18. The van der Waals surface area contributed by atoms with Crippen molar-refractivity contribution in [1.82, 2.24) is 0 Å². The van der Waals surface area contributed by atoms with Gasteiger partial charge >= 0.3 is 0 Å². The van der Waals surface area contributed by atoms with Gasteiger partial charge in [0.05, 0.1) is 62.9 Å². The van der Waals surface area contributed by atoms with Gasteiger partial charge in [-0.05, 0) is 76.0 Å². The second-order valence-corrected chi connectivity index (χ2v) is 29.6. The Morgan fingerprint density at radius 3 is 1.66 bits per heavy atom. The molecule has 11 aliphatic rings. The molecule has 9 fully saturated rings. The standard InChI is InChI=1S/C64H102O33/c1-8-27(69)29-15-23(2)64(97-29)16-35(71)63(7)26-9-10-34-60(4,25(26)11-14-62(63,64)6)13-12-36(61(34,5)22-68)92-55-48(83)45(80)41(76)33(91-55)21-86-57-51(38(73)28(70)20-85-57)95-59-53(96-54-47(82)43(78)37(72)24(3)87-54)50(42(77)32(19-67)90-59)93-58-52(46(81)40(75)31(18-66)89-58)94-56-49(84)44(79)39(74)30(17-65)88-56/h23-24,28-34,36-59,65-68,70,72-84H,8-22H2,1-7H3. The molecule has 556 valence electrons. The maximum Gasteiger partial charge on any atom is 0.187 e. The zero-order valence-corrected chi connectivity index (χ0v) is 55.3. The average molecular weight is 1400 g/mol. The highest BCUT2D eigenvalue weighted by Crippen LogP contribution is 2.74. The molecule has 7 heterocycles. The van der Waals surface area contributed by atoms with Gasteiger partial charge < -0.3 is 153 Å². The molecule has 2 saturated carbocycles. The van der Waals surface area contributed by atoms with Crippen LogP contribution < -0.4 is 0 Å². The van der Waals surface area contributed by atoms with Crippen LogP contribution in [-0.4, -0.2) is 339 Å². The number of fused-ring (bicyclic) bond motifs is 5. The zero-order chi connectivity index (χ0) is 70.7. The van der Waals surface area contributed by atoms with E-state index >= 15 is 0 Å². The fraction of sp³-hybridized carbons (Fsp3) is 0.938. The maximum atomic E-state index is 14.8. The minimum Gasteiger partial charge on any atom is -0.396 e. The first-order valence-electron chi connectivity index (χ1n) is 34.0. The molecular formula is C64H102O33. The van der Waals surface area contributed by atoms with E-state index in [9.17, 15) is 102 Å². The van der Waals surface area contributed by atoms with E-state index < -0.39 is 251 Å². The Hall–Kier alpha value is -2.16. The first kappa shape index (κ1) is 76.0. The highest BCUT2D eigenvalue weighted by atomic mass is 16.8.